The van der Waals surface area contributed by atoms with E-state index in [-0.39, 0.29) is 0 Å². The van der Waals surface area contributed by atoms with Gasteiger partial charge in [0, 0.05) is 16.6 Å². The van der Waals surface area contributed by atoms with Crippen LogP contribution in [0.25, 0.3) is 21.7 Å². The molecule has 0 aliphatic carbocycles. The van der Waals surface area contributed by atoms with Crippen molar-refractivity contribution in [2.45, 2.75) is 9.83 Å². The van der Waals surface area contributed by atoms with Crippen molar-refractivity contribution in [3.05, 3.63) is 102 Å². The van der Waals surface area contributed by atoms with Gasteiger partial charge in [-0.15, -0.1) is 0 Å². The summed E-state index contributed by atoms with van der Waals surface area (Å²) in [6, 6.07) is 26.7. The zero-order chi connectivity index (χ0) is 20.9. The number of furan rings is 1. The quantitative estimate of drug-likeness (QED) is 0.271. The molecule has 6 heteroatoms. The first kappa shape index (κ1) is 19.8. The maximum Gasteiger partial charge on any atom is 0.215 e. The molecule has 1 aliphatic heterocycles. The van der Waals surface area contributed by atoms with Crippen molar-refractivity contribution in [1.29, 1.82) is 0 Å². The number of hydrogen-bond donors (Lipinski definition) is 0. The third kappa shape index (κ3) is 3.19. The van der Waals surface area contributed by atoms with Crippen LogP contribution in [0.4, 0.5) is 5.69 Å². The van der Waals surface area contributed by atoms with E-state index in [0.717, 1.165) is 27.9 Å². The van der Waals surface area contributed by atoms with Gasteiger partial charge in [0.15, 0.2) is 5.76 Å². The highest BCUT2D eigenvalue weighted by molar-refractivity contribution is 6.68. The molecule has 1 atom stereocenters. The molecule has 0 radical (unpaired) electrons. The van der Waals surface area contributed by atoms with E-state index < -0.39 is 9.83 Å². The lowest BCUT2D eigenvalue weighted by Gasteiger charge is -2.42. The Labute approximate surface area is 194 Å². The standard InChI is InChI=1S/C24H15Cl4NO/c25-20-21(15-9-3-1-4-10-15)29(16-11-5-2-6-12-16)23(24(26,27)28)19-17-13-7-8-14-18(17)30-22(19)20/h1-14,23H/t23-/m0/s1. The molecule has 0 bridgehead atoms. The number of nitrogens with zero attached hydrogens (tertiary/aromatic N) is 1. The van der Waals surface area contributed by atoms with E-state index in [9.17, 15) is 0 Å². The number of rotatable bonds is 2. The average molecular weight is 475 g/mol. The van der Waals surface area contributed by atoms with Crippen molar-refractivity contribution >= 4 is 73.8 Å². The fraction of sp³-hybridized carbons (Fsp3) is 0.0833. The zero-order valence-electron chi connectivity index (χ0n) is 15.5. The monoisotopic (exact) mass is 473 g/mol. The lowest BCUT2D eigenvalue weighted by Crippen LogP contribution is -2.38. The zero-order valence-corrected chi connectivity index (χ0v) is 18.6. The Hall–Kier alpha value is -2.10. The molecule has 1 aromatic heterocycles. The highest BCUT2D eigenvalue weighted by Gasteiger charge is 2.47. The summed E-state index contributed by atoms with van der Waals surface area (Å²) < 4.78 is 4.51. The van der Waals surface area contributed by atoms with Crippen LogP contribution >= 0.6 is 46.4 Å². The highest BCUT2D eigenvalue weighted by Crippen LogP contribution is 2.57. The first-order valence-electron chi connectivity index (χ1n) is 9.35. The molecule has 2 nitrogen and oxygen atoms in total. The summed E-state index contributed by atoms with van der Waals surface area (Å²) >= 11 is 26.9. The molecule has 0 saturated carbocycles. The van der Waals surface area contributed by atoms with E-state index in [1.165, 1.54) is 0 Å². The van der Waals surface area contributed by atoms with Crippen molar-refractivity contribution in [3.63, 3.8) is 0 Å². The maximum atomic E-state index is 6.99. The third-order valence-electron chi connectivity index (χ3n) is 5.21. The molecule has 4 aromatic rings. The maximum absolute atomic E-state index is 6.99. The topological polar surface area (TPSA) is 16.4 Å². The molecule has 150 valence electrons. The number of benzene rings is 3. The Morgan fingerprint density at radius 2 is 1.37 bits per heavy atom. The summed E-state index contributed by atoms with van der Waals surface area (Å²) in [4.78, 5) is 2.00. The van der Waals surface area contributed by atoms with E-state index in [1.54, 1.807) is 0 Å². The molecule has 0 fully saturated rings. The molecule has 0 amide bonds. The summed E-state index contributed by atoms with van der Waals surface area (Å²) in [5, 5.41) is 1.34. The van der Waals surface area contributed by atoms with Gasteiger partial charge in [0.05, 0.1) is 5.70 Å². The summed E-state index contributed by atoms with van der Waals surface area (Å²) in [7, 11) is 0. The van der Waals surface area contributed by atoms with E-state index in [4.69, 9.17) is 50.8 Å². The third-order valence-corrected chi connectivity index (χ3v) is 6.18. The predicted molar refractivity (Wildman–Crippen MR) is 127 cm³/mol. The van der Waals surface area contributed by atoms with E-state index in [0.29, 0.717) is 16.4 Å². The van der Waals surface area contributed by atoms with Crippen LogP contribution in [-0.4, -0.2) is 3.79 Å². The van der Waals surface area contributed by atoms with Crippen LogP contribution in [0.1, 0.15) is 22.9 Å². The molecule has 2 heterocycles. The Kier molecular flexibility index (Phi) is 4.99. The number of anilines is 1. The minimum Gasteiger partial charge on any atom is -0.455 e. The number of para-hydroxylation sites is 2. The minimum atomic E-state index is -1.66. The number of fused-ring (bicyclic) bond motifs is 3. The number of halogens is 4. The van der Waals surface area contributed by atoms with Crippen molar-refractivity contribution < 1.29 is 4.42 Å². The first-order chi connectivity index (χ1) is 14.5. The van der Waals surface area contributed by atoms with Gasteiger partial charge in [-0.2, -0.15) is 0 Å². The lowest BCUT2D eigenvalue weighted by molar-refractivity contribution is 0.580. The Morgan fingerprint density at radius 3 is 2.03 bits per heavy atom. The van der Waals surface area contributed by atoms with Gasteiger partial charge in [0.25, 0.3) is 0 Å². The van der Waals surface area contributed by atoms with Gasteiger partial charge in [-0.3, -0.25) is 0 Å². The van der Waals surface area contributed by atoms with E-state index in [1.807, 2.05) is 89.8 Å². The smallest absolute Gasteiger partial charge is 0.215 e. The van der Waals surface area contributed by atoms with Gasteiger partial charge in [-0.05, 0) is 23.8 Å². The van der Waals surface area contributed by atoms with Crippen LogP contribution in [0.5, 0.6) is 0 Å². The Bertz CT molecular complexity index is 1240. The van der Waals surface area contributed by atoms with Crippen LogP contribution in [0.15, 0.2) is 89.3 Å². The largest absolute Gasteiger partial charge is 0.455 e. The van der Waals surface area contributed by atoms with Crippen LogP contribution in [0.3, 0.4) is 0 Å². The molecule has 0 N–H and O–H groups in total. The van der Waals surface area contributed by atoms with Crippen molar-refractivity contribution in [2.75, 3.05) is 4.90 Å². The van der Waals surface area contributed by atoms with E-state index >= 15 is 0 Å². The lowest BCUT2D eigenvalue weighted by atomic mass is 9.94. The SMILES string of the molecule is ClC1=C(c2ccccc2)N(c2ccccc2)[C@H](C(Cl)(Cl)Cl)c2c1oc1ccccc21. The van der Waals surface area contributed by atoms with E-state index in [2.05, 4.69) is 0 Å². The van der Waals surface area contributed by atoms with Crippen LogP contribution in [0, 0.1) is 0 Å². The van der Waals surface area contributed by atoms with Gasteiger partial charge in [-0.1, -0.05) is 113 Å². The molecule has 1 aliphatic rings. The van der Waals surface area contributed by atoms with Crippen LogP contribution in [-0.2, 0) is 0 Å². The van der Waals surface area contributed by atoms with Gasteiger partial charge in [0.2, 0.25) is 3.79 Å². The number of hydrogen-bond acceptors (Lipinski definition) is 2. The summed E-state index contributed by atoms with van der Waals surface area (Å²) in [5.74, 6) is 0.528. The summed E-state index contributed by atoms with van der Waals surface area (Å²) in [5.41, 5.74) is 3.95. The molecule has 0 unspecified atom stereocenters. The second kappa shape index (κ2) is 7.55. The molecular weight excluding hydrogens is 460 g/mol. The molecular formula is C24H15Cl4NO. The summed E-state index contributed by atoms with van der Waals surface area (Å²) in [6.45, 7) is 0. The second-order valence-corrected chi connectivity index (χ2v) is 9.77. The van der Waals surface area contributed by atoms with Crippen molar-refractivity contribution in [3.8, 4) is 0 Å². The Balaban J connectivity index is 1.90. The fourth-order valence-corrected chi connectivity index (χ4v) is 4.97. The second-order valence-electron chi connectivity index (χ2n) is 7.02. The Morgan fingerprint density at radius 1 is 0.767 bits per heavy atom. The van der Waals surface area contributed by atoms with Gasteiger partial charge >= 0.3 is 0 Å². The van der Waals surface area contributed by atoms with Gasteiger partial charge < -0.3 is 9.32 Å². The normalized spacial score (nSPS) is 16.8. The van der Waals surface area contributed by atoms with Gasteiger partial charge in [-0.25, -0.2) is 0 Å². The molecule has 3 aromatic carbocycles. The van der Waals surface area contributed by atoms with Crippen LogP contribution in [0.2, 0.25) is 0 Å². The average Bonchev–Trinajstić information content (AvgIpc) is 3.14. The first-order valence-corrected chi connectivity index (χ1v) is 10.9. The van der Waals surface area contributed by atoms with Crippen LogP contribution < -0.4 is 4.90 Å². The fourth-order valence-electron chi connectivity index (χ4n) is 4.01. The molecule has 30 heavy (non-hydrogen) atoms. The molecule has 0 spiro atoms. The number of alkyl halides is 3. The van der Waals surface area contributed by atoms with Crippen molar-refractivity contribution in [1.82, 2.24) is 0 Å². The minimum absolute atomic E-state index is 0.474. The van der Waals surface area contributed by atoms with Gasteiger partial charge in [0.1, 0.15) is 16.7 Å². The highest BCUT2D eigenvalue weighted by atomic mass is 35.6. The predicted octanol–water partition coefficient (Wildman–Crippen LogP) is 8.43. The summed E-state index contributed by atoms with van der Waals surface area (Å²) in [6.07, 6.45) is 0. The molecule has 0 saturated heterocycles. The molecule has 5 rings (SSSR count). The van der Waals surface area contributed by atoms with Crippen molar-refractivity contribution in [2.24, 2.45) is 0 Å².